The van der Waals surface area contributed by atoms with Crippen molar-refractivity contribution in [2.24, 2.45) is 0 Å². The van der Waals surface area contributed by atoms with E-state index in [9.17, 15) is 18.0 Å². The van der Waals surface area contributed by atoms with Crippen LogP contribution in [0.2, 0.25) is 0 Å². The summed E-state index contributed by atoms with van der Waals surface area (Å²) in [6.45, 7) is 3.06. The lowest BCUT2D eigenvalue weighted by molar-refractivity contribution is 0.0595. The molecule has 0 heterocycles. The maximum Gasteiger partial charge on any atom is 0.339 e. The molecular weight excluding hydrogens is 330 g/mol. The lowest BCUT2D eigenvalue weighted by Gasteiger charge is -2.13. The normalized spacial score (nSPS) is 11.0. The van der Waals surface area contributed by atoms with Crippen LogP contribution in [-0.2, 0) is 14.8 Å². The van der Waals surface area contributed by atoms with Gasteiger partial charge in [-0.3, -0.25) is 9.52 Å². The van der Waals surface area contributed by atoms with Crippen LogP contribution in [0.4, 0.5) is 5.69 Å². The highest BCUT2D eigenvalue weighted by atomic mass is 32.2. The topological polar surface area (TPSA) is 89.5 Å². The standard InChI is InChI=1S/C17H17NO5S/c1-11-5-4-6-15(16(11)17(20)23-3)24(21,22)18-14-9-7-13(8-10-14)12(2)19/h4-10,18H,1-3H3. The molecule has 0 amide bonds. The minimum Gasteiger partial charge on any atom is -0.465 e. The maximum absolute atomic E-state index is 12.6. The number of hydrogen-bond acceptors (Lipinski definition) is 5. The smallest absolute Gasteiger partial charge is 0.339 e. The number of benzene rings is 2. The Labute approximate surface area is 140 Å². The maximum atomic E-state index is 12.6. The highest BCUT2D eigenvalue weighted by Crippen LogP contribution is 2.23. The number of ketones is 1. The van der Waals surface area contributed by atoms with Gasteiger partial charge in [0.25, 0.3) is 10.0 Å². The van der Waals surface area contributed by atoms with Crippen molar-refractivity contribution in [1.29, 1.82) is 0 Å². The van der Waals surface area contributed by atoms with E-state index in [-0.39, 0.29) is 21.9 Å². The van der Waals surface area contributed by atoms with Gasteiger partial charge in [-0.1, -0.05) is 12.1 Å². The molecule has 0 aliphatic rings. The van der Waals surface area contributed by atoms with Gasteiger partial charge >= 0.3 is 5.97 Å². The summed E-state index contributed by atoms with van der Waals surface area (Å²) < 4.78 is 32.3. The number of carbonyl (C=O) groups excluding carboxylic acids is 2. The molecule has 2 aromatic carbocycles. The van der Waals surface area contributed by atoms with E-state index >= 15 is 0 Å². The van der Waals surface area contributed by atoms with E-state index in [1.165, 1.54) is 44.4 Å². The van der Waals surface area contributed by atoms with Crippen molar-refractivity contribution in [3.8, 4) is 0 Å². The zero-order valence-electron chi connectivity index (χ0n) is 13.5. The highest BCUT2D eigenvalue weighted by molar-refractivity contribution is 7.92. The van der Waals surface area contributed by atoms with Crippen molar-refractivity contribution in [3.63, 3.8) is 0 Å². The summed E-state index contributed by atoms with van der Waals surface area (Å²) in [7, 11) is -2.80. The summed E-state index contributed by atoms with van der Waals surface area (Å²) >= 11 is 0. The number of esters is 1. The van der Waals surface area contributed by atoms with E-state index in [1.54, 1.807) is 19.1 Å². The first-order valence-corrected chi connectivity index (χ1v) is 8.56. The Balaban J connectivity index is 2.43. The first-order valence-electron chi connectivity index (χ1n) is 7.08. The van der Waals surface area contributed by atoms with Crippen LogP contribution in [0.5, 0.6) is 0 Å². The molecule has 2 aromatic rings. The summed E-state index contributed by atoms with van der Waals surface area (Å²) in [4.78, 5) is 23.0. The molecule has 24 heavy (non-hydrogen) atoms. The van der Waals surface area contributed by atoms with Gasteiger partial charge in [-0.05, 0) is 49.7 Å². The zero-order chi connectivity index (χ0) is 17.9. The largest absolute Gasteiger partial charge is 0.465 e. The number of aryl methyl sites for hydroxylation is 1. The van der Waals surface area contributed by atoms with Crippen LogP contribution in [0, 0.1) is 6.92 Å². The predicted octanol–water partition coefficient (Wildman–Crippen LogP) is 2.79. The van der Waals surface area contributed by atoms with Crippen LogP contribution < -0.4 is 4.72 Å². The van der Waals surface area contributed by atoms with Crippen LogP contribution in [0.1, 0.15) is 33.2 Å². The second kappa shape index (κ2) is 6.84. The number of nitrogens with one attached hydrogen (secondary N) is 1. The van der Waals surface area contributed by atoms with Crippen LogP contribution in [0.25, 0.3) is 0 Å². The average Bonchev–Trinajstić information content (AvgIpc) is 2.54. The summed E-state index contributed by atoms with van der Waals surface area (Å²) in [5.74, 6) is -0.837. The van der Waals surface area contributed by atoms with Gasteiger partial charge in [0.15, 0.2) is 5.78 Å². The summed E-state index contributed by atoms with van der Waals surface area (Å²) in [5, 5.41) is 0. The number of rotatable bonds is 5. The molecule has 126 valence electrons. The molecule has 0 aliphatic carbocycles. The van der Waals surface area contributed by atoms with E-state index in [1.807, 2.05) is 0 Å². The third-order valence-corrected chi connectivity index (χ3v) is 4.88. The molecule has 7 heteroatoms. The minimum absolute atomic E-state index is 0.00661. The van der Waals surface area contributed by atoms with Crippen LogP contribution >= 0.6 is 0 Å². The van der Waals surface area contributed by atoms with E-state index in [0.29, 0.717) is 11.1 Å². The molecule has 0 radical (unpaired) electrons. The molecule has 0 aromatic heterocycles. The Bertz CT molecular complexity index is 886. The van der Waals surface area contributed by atoms with Crippen molar-refractivity contribution in [2.45, 2.75) is 18.7 Å². The lowest BCUT2D eigenvalue weighted by Crippen LogP contribution is -2.18. The Kier molecular flexibility index (Phi) is 5.04. The van der Waals surface area contributed by atoms with E-state index < -0.39 is 16.0 Å². The van der Waals surface area contributed by atoms with Gasteiger partial charge in [0.1, 0.15) is 4.90 Å². The number of sulfonamides is 1. The first kappa shape index (κ1) is 17.7. The third-order valence-electron chi connectivity index (χ3n) is 3.46. The van der Waals surface area contributed by atoms with Crippen molar-refractivity contribution in [1.82, 2.24) is 0 Å². The van der Waals surface area contributed by atoms with Gasteiger partial charge in [0.2, 0.25) is 0 Å². The van der Waals surface area contributed by atoms with Crippen molar-refractivity contribution in [2.75, 3.05) is 11.8 Å². The summed E-state index contributed by atoms with van der Waals surface area (Å²) in [6, 6.07) is 10.5. The monoisotopic (exact) mass is 347 g/mol. The zero-order valence-corrected chi connectivity index (χ0v) is 14.3. The lowest BCUT2D eigenvalue weighted by atomic mass is 10.1. The molecule has 0 aliphatic heterocycles. The van der Waals surface area contributed by atoms with Crippen LogP contribution in [0.15, 0.2) is 47.4 Å². The van der Waals surface area contributed by atoms with Crippen molar-refractivity contribution in [3.05, 3.63) is 59.2 Å². The molecular formula is C17H17NO5S. The second-order valence-corrected chi connectivity index (χ2v) is 6.83. The Morgan fingerprint density at radius 2 is 1.67 bits per heavy atom. The third kappa shape index (κ3) is 3.62. The van der Waals surface area contributed by atoms with Gasteiger partial charge < -0.3 is 4.74 Å². The van der Waals surface area contributed by atoms with E-state index in [2.05, 4.69) is 9.46 Å². The molecule has 0 saturated heterocycles. The fourth-order valence-electron chi connectivity index (χ4n) is 2.21. The molecule has 0 saturated carbocycles. The first-order chi connectivity index (χ1) is 11.3. The molecule has 0 atom stereocenters. The van der Waals surface area contributed by atoms with Gasteiger partial charge in [-0.25, -0.2) is 13.2 Å². The fraction of sp³-hybridized carbons (Fsp3) is 0.176. The van der Waals surface area contributed by atoms with Gasteiger partial charge in [0, 0.05) is 11.3 Å². The molecule has 1 N–H and O–H groups in total. The van der Waals surface area contributed by atoms with Gasteiger partial charge in [-0.2, -0.15) is 0 Å². The van der Waals surface area contributed by atoms with E-state index in [4.69, 9.17) is 0 Å². The number of ether oxygens (including phenoxy) is 1. The number of Topliss-reactive ketones (excluding diaryl/α,β-unsaturated/α-hetero) is 1. The second-order valence-electron chi connectivity index (χ2n) is 5.18. The van der Waals surface area contributed by atoms with Crippen molar-refractivity contribution >= 4 is 27.5 Å². The van der Waals surface area contributed by atoms with Gasteiger partial charge in [-0.15, -0.1) is 0 Å². The minimum atomic E-state index is -3.99. The molecule has 2 rings (SSSR count). The SMILES string of the molecule is COC(=O)c1c(C)cccc1S(=O)(=O)Nc1ccc(C(C)=O)cc1. The number of hydrogen-bond donors (Lipinski definition) is 1. The number of anilines is 1. The molecule has 0 fully saturated rings. The van der Waals surface area contributed by atoms with Crippen molar-refractivity contribution < 1.29 is 22.7 Å². The molecule has 0 spiro atoms. The summed E-state index contributed by atoms with van der Waals surface area (Å²) in [6.07, 6.45) is 0. The number of carbonyl (C=O) groups is 2. The fourth-order valence-corrected chi connectivity index (χ4v) is 3.54. The Hall–Kier alpha value is -2.67. The average molecular weight is 347 g/mol. The Morgan fingerprint density at radius 3 is 2.21 bits per heavy atom. The van der Waals surface area contributed by atoms with E-state index in [0.717, 1.165) is 0 Å². The summed E-state index contributed by atoms with van der Waals surface area (Å²) in [5.41, 5.74) is 1.26. The van der Waals surface area contributed by atoms with Crippen LogP contribution in [-0.4, -0.2) is 27.3 Å². The molecule has 6 nitrogen and oxygen atoms in total. The predicted molar refractivity (Wildman–Crippen MR) is 89.8 cm³/mol. The number of methoxy groups -OCH3 is 1. The molecule has 0 unspecified atom stereocenters. The highest BCUT2D eigenvalue weighted by Gasteiger charge is 2.24. The van der Waals surface area contributed by atoms with Crippen LogP contribution in [0.3, 0.4) is 0 Å². The molecule has 0 bridgehead atoms. The van der Waals surface area contributed by atoms with Gasteiger partial charge in [0.05, 0.1) is 12.7 Å². The Morgan fingerprint density at radius 1 is 1.04 bits per heavy atom. The quantitative estimate of drug-likeness (QED) is 0.663.